The number of pyridine rings is 1. The van der Waals surface area contributed by atoms with Crippen LogP contribution in [0.1, 0.15) is 72.9 Å². The Kier molecular flexibility index (Phi) is 11.1. The number of nitrogens with one attached hydrogen (secondary N) is 4. The molecule has 7 rings (SSSR count). The first kappa shape index (κ1) is 38.9. The van der Waals surface area contributed by atoms with E-state index in [1.165, 1.54) is 24.8 Å². The molecule has 2 aliphatic rings. The Bertz CT molecular complexity index is 2370. The molecule has 56 heavy (non-hydrogen) atoms. The first-order valence-corrected chi connectivity index (χ1v) is 20.0. The monoisotopic (exact) mass is 787 g/mol. The van der Waals surface area contributed by atoms with E-state index in [-0.39, 0.29) is 60.3 Å². The van der Waals surface area contributed by atoms with Crippen LogP contribution in [0.5, 0.6) is 0 Å². The fourth-order valence-electron chi connectivity index (χ4n) is 7.62. The quantitative estimate of drug-likeness (QED) is 0.0718. The zero-order valence-electron chi connectivity index (χ0n) is 30.7. The Hall–Kier alpha value is -5.36. The molecule has 1 saturated heterocycles. The zero-order chi connectivity index (χ0) is 39.6. The van der Waals surface area contributed by atoms with Crippen molar-refractivity contribution in [3.8, 4) is 11.1 Å². The molecular formula is C39H43F2N9O5S. The number of nitrogens with zero attached hydrogens (tertiary/aromatic N) is 4. The van der Waals surface area contributed by atoms with Crippen molar-refractivity contribution < 1.29 is 31.9 Å². The number of Topliss-reactive ketones (excluding diaryl/α,β-unsaturated/α-hetero) is 1. The minimum Gasteiger partial charge on any atom is -0.399 e. The van der Waals surface area contributed by atoms with E-state index in [0.29, 0.717) is 55.4 Å². The number of carbonyl (C=O) groups excluding carboxylic acids is 2. The minimum atomic E-state index is -4.44. The molecule has 7 N–H and O–H groups in total. The highest BCUT2D eigenvalue weighted by molar-refractivity contribution is 7.90. The number of aromatic amines is 1. The summed E-state index contributed by atoms with van der Waals surface area (Å²) in [6, 6.07) is 10.8. The number of ketones is 2. The molecule has 0 radical (unpaired) electrons. The Morgan fingerprint density at radius 3 is 2.59 bits per heavy atom. The van der Waals surface area contributed by atoms with Gasteiger partial charge in [0.15, 0.2) is 11.6 Å². The lowest BCUT2D eigenvalue weighted by Gasteiger charge is -2.40. The number of carbonyl (C=O) groups is 2. The van der Waals surface area contributed by atoms with Crippen LogP contribution in [0.15, 0.2) is 67.4 Å². The maximum Gasteiger partial charge on any atom is 0.299 e. The number of nitrogens with two attached hydrogens (primary N) is 1. The number of hydrogen-bond acceptors (Lipinski definition) is 11. The van der Waals surface area contributed by atoms with Crippen molar-refractivity contribution in [2.24, 2.45) is 0 Å². The van der Waals surface area contributed by atoms with Gasteiger partial charge in [-0.1, -0.05) is 19.1 Å². The maximum atomic E-state index is 16.8. The van der Waals surface area contributed by atoms with Gasteiger partial charge in [0, 0.05) is 79.0 Å². The normalized spacial score (nSPS) is 20.2. The number of anilines is 3. The summed E-state index contributed by atoms with van der Waals surface area (Å²) in [6.45, 7) is 2.62. The zero-order valence-corrected chi connectivity index (χ0v) is 31.5. The van der Waals surface area contributed by atoms with Crippen molar-refractivity contribution in [1.82, 2.24) is 30.0 Å². The van der Waals surface area contributed by atoms with Gasteiger partial charge in [0.25, 0.3) is 10.2 Å². The van der Waals surface area contributed by atoms with E-state index < -0.39 is 50.5 Å². The van der Waals surface area contributed by atoms with Gasteiger partial charge in [0.1, 0.15) is 29.7 Å². The van der Waals surface area contributed by atoms with Crippen LogP contribution >= 0.6 is 0 Å². The number of benzene rings is 2. The van der Waals surface area contributed by atoms with Crippen LogP contribution in [0.2, 0.25) is 0 Å². The Morgan fingerprint density at radius 1 is 1.07 bits per heavy atom. The summed E-state index contributed by atoms with van der Waals surface area (Å²) in [5, 5.41) is 15.4. The highest BCUT2D eigenvalue weighted by Crippen LogP contribution is 2.42. The van der Waals surface area contributed by atoms with E-state index >= 15 is 8.78 Å². The van der Waals surface area contributed by atoms with Crippen LogP contribution in [-0.4, -0.2) is 82.8 Å². The van der Waals surface area contributed by atoms with Gasteiger partial charge < -0.3 is 26.0 Å². The van der Waals surface area contributed by atoms with Crippen LogP contribution in [-0.2, 0) is 15.0 Å². The third-order valence-corrected chi connectivity index (χ3v) is 11.6. The molecular weight excluding hydrogens is 745 g/mol. The Labute approximate surface area is 322 Å². The van der Waals surface area contributed by atoms with Gasteiger partial charge in [0.2, 0.25) is 5.78 Å². The van der Waals surface area contributed by atoms with Crippen molar-refractivity contribution in [3.63, 3.8) is 0 Å². The molecule has 17 heteroatoms. The number of aromatic nitrogens is 4. The van der Waals surface area contributed by atoms with Crippen LogP contribution in [0.4, 0.5) is 26.0 Å². The van der Waals surface area contributed by atoms with Gasteiger partial charge in [-0.25, -0.2) is 23.7 Å². The molecule has 2 fully saturated rings. The molecule has 0 spiro atoms. The summed E-state index contributed by atoms with van der Waals surface area (Å²) in [7, 11) is -4.44. The molecule has 294 valence electrons. The van der Waals surface area contributed by atoms with Crippen molar-refractivity contribution in [1.29, 1.82) is 0 Å². The molecule has 0 amide bonds. The topological polar surface area (TPSA) is 208 Å². The number of nitrogen functional groups attached to an aromatic ring is 1. The molecule has 1 saturated carbocycles. The molecule has 4 heterocycles. The molecule has 0 bridgehead atoms. The summed E-state index contributed by atoms with van der Waals surface area (Å²) >= 11 is 0. The predicted octanol–water partition coefficient (Wildman–Crippen LogP) is 4.59. The van der Waals surface area contributed by atoms with E-state index in [2.05, 4.69) is 34.7 Å². The summed E-state index contributed by atoms with van der Waals surface area (Å²) in [5.41, 5.74) is 4.79. The van der Waals surface area contributed by atoms with Gasteiger partial charge in [-0.2, -0.15) is 13.1 Å². The molecule has 14 nitrogen and oxygen atoms in total. The number of halogens is 2. The molecule has 3 aromatic heterocycles. The van der Waals surface area contributed by atoms with Gasteiger partial charge in [-0.3, -0.25) is 14.3 Å². The van der Waals surface area contributed by atoms with E-state index in [1.54, 1.807) is 24.1 Å². The largest absolute Gasteiger partial charge is 0.399 e. The van der Waals surface area contributed by atoms with E-state index in [0.717, 1.165) is 11.6 Å². The number of rotatable bonds is 13. The maximum absolute atomic E-state index is 16.8. The second kappa shape index (κ2) is 16.0. The SMILES string of the molecule is CCCNS(=O)(=O)Nc1c(-c2cncnc2N2CCNCC2C(=O)CC2(O)CCC(c3ccc(N)cc3)CC2)cc(F)c(C(=O)c2cnc3[nH]ccc3c2)c1F. The smallest absolute Gasteiger partial charge is 0.299 e. The van der Waals surface area contributed by atoms with Crippen molar-refractivity contribution >= 4 is 50.0 Å². The van der Waals surface area contributed by atoms with Crippen LogP contribution in [0, 0.1) is 11.6 Å². The van der Waals surface area contributed by atoms with Crippen LogP contribution in [0.25, 0.3) is 22.2 Å². The summed E-state index contributed by atoms with van der Waals surface area (Å²) in [4.78, 5) is 45.1. The van der Waals surface area contributed by atoms with E-state index in [4.69, 9.17) is 5.73 Å². The van der Waals surface area contributed by atoms with Crippen LogP contribution < -0.4 is 25.4 Å². The third kappa shape index (κ3) is 8.11. The lowest BCUT2D eigenvalue weighted by molar-refractivity contribution is -0.127. The molecule has 2 aromatic carbocycles. The summed E-state index contributed by atoms with van der Waals surface area (Å²) in [5.74, 6) is -3.69. The Balaban J connectivity index is 1.22. The summed E-state index contributed by atoms with van der Waals surface area (Å²) in [6.07, 6.45) is 7.78. The van der Waals surface area contributed by atoms with Crippen LogP contribution in [0.3, 0.4) is 0 Å². The fraction of sp³-hybridized carbons (Fsp3) is 0.359. The van der Waals surface area contributed by atoms with Gasteiger partial charge >= 0.3 is 0 Å². The van der Waals surface area contributed by atoms with Gasteiger partial charge in [-0.05, 0) is 73.9 Å². The first-order chi connectivity index (χ1) is 26.9. The second-order valence-electron chi connectivity index (χ2n) is 14.4. The van der Waals surface area contributed by atoms with Gasteiger partial charge in [-0.15, -0.1) is 0 Å². The molecule has 1 atom stereocenters. The minimum absolute atomic E-state index is 0.00955. The van der Waals surface area contributed by atoms with E-state index in [1.807, 2.05) is 24.3 Å². The lowest BCUT2D eigenvalue weighted by Crippen LogP contribution is -2.56. The highest BCUT2D eigenvalue weighted by atomic mass is 32.2. The molecule has 1 aliphatic carbocycles. The first-order valence-electron chi connectivity index (χ1n) is 18.5. The average Bonchev–Trinajstić information content (AvgIpc) is 3.67. The predicted molar refractivity (Wildman–Crippen MR) is 208 cm³/mol. The highest BCUT2D eigenvalue weighted by Gasteiger charge is 2.40. The number of fused-ring (bicyclic) bond motifs is 1. The van der Waals surface area contributed by atoms with Crippen molar-refractivity contribution in [2.45, 2.75) is 63.0 Å². The van der Waals surface area contributed by atoms with Crippen molar-refractivity contribution in [3.05, 3.63) is 95.7 Å². The standard InChI is InChI=1S/C39H43F2N9O5S/c1-2-12-48-56(54,55)49-35-28(17-30(40)33(34(35)41)36(52)26-16-25-9-13-45-37(25)46-19-26)29-20-44-22-47-38(29)50-15-14-43-21-31(50)32(51)18-39(53)10-7-24(8-11-39)23-3-5-27(42)6-4-23/h3-6,9,13,16-17,19-20,22,24,31,43,48-49,53H,2,7-8,10-12,14-15,18,21,42H2,1H3,(H,45,46). The van der Waals surface area contributed by atoms with E-state index in [9.17, 15) is 23.1 Å². The van der Waals surface area contributed by atoms with Gasteiger partial charge in [0.05, 0.1) is 16.9 Å². The molecule has 1 unspecified atom stereocenters. The lowest BCUT2D eigenvalue weighted by atomic mass is 9.73. The van der Waals surface area contributed by atoms with Crippen molar-refractivity contribution in [2.75, 3.05) is 41.5 Å². The average molecular weight is 788 g/mol. The Morgan fingerprint density at radius 2 is 1.84 bits per heavy atom. The number of H-pyrrole nitrogens is 1. The number of aliphatic hydroxyl groups is 1. The fourth-order valence-corrected chi connectivity index (χ4v) is 8.63. The third-order valence-electron chi connectivity index (χ3n) is 10.6. The molecule has 1 aliphatic heterocycles. The summed E-state index contributed by atoms with van der Waals surface area (Å²) < 4.78 is 63.9. The molecule has 5 aromatic rings. The number of piperazine rings is 1. The number of hydrogen-bond donors (Lipinski definition) is 6. The second-order valence-corrected chi connectivity index (χ2v) is 15.9.